The molecule has 0 radical (unpaired) electrons. The highest BCUT2D eigenvalue weighted by molar-refractivity contribution is 6.26. The van der Waals surface area contributed by atoms with Gasteiger partial charge in [0.05, 0.1) is 93.9 Å². The lowest BCUT2D eigenvalue weighted by Gasteiger charge is -2.27. The summed E-state index contributed by atoms with van der Waals surface area (Å²) in [5, 5.41) is 4.89. The number of carbonyl (C=O) groups is 7. The molecule has 2 aromatic carbocycles. The van der Waals surface area contributed by atoms with Crippen molar-refractivity contribution in [1.82, 2.24) is 15.1 Å². The average molecular weight is 737 g/mol. The second-order valence-corrected chi connectivity index (χ2v) is 12.4. The number of rotatable bonds is 23. The third-order valence-electron chi connectivity index (χ3n) is 8.76. The first-order valence-corrected chi connectivity index (χ1v) is 17.8. The van der Waals surface area contributed by atoms with Gasteiger partial charge in [0, 0.05) is 19.4 Å². The first-order valence-electron chi connectivity index (χ1n) is 17.8. The fourth-order valence-corrected chi connectivity index (χ4v) is 6.08. The summed E-state index contributed by atoms with van der Waals surface area (Å²) < 4.78 is 27.5. The lowest BCUT2D eigenvalue weighted by Crippen LogP contribution is -2.54. The second-order valence-electron chi connectivity index (χ2n) is 12.4. The Labute approximate surface area is 306 Å². The van der Waals surface area contributed by atoms with E-state index >= 15 is 0 Å². The molecule has 5 rings (SSSR count). The van der Waals surface area contributed by atoms with Gasteiger partial charge in [0.25, 0.3) is 23.6 Å². The van der Waals surface area contributed by atoms with Crippen LogP contribution in [0.1, 0.15) is 80.0 Å². The molecule has 1 fully saturated rings. The van der Waals surface area contributed by atoms with Crippen LogP contribution in [-0.2, 0) is 38.1 Å². The van der Waals surface area contributed by atoms with Crippen LogP contribution in [0.3, 0.4) is 0 Å². The molecule has 0 bridgehead atoms. The first kappa shape index (κ1) is 39.3. The van der Waals surface area contributed by atoms with Crippen LogP contribution in [0.4, 0.5) is 5.69 Å². The SMILES string of the molecule is O=C1CCC(N2C(=O)c3cccc(NC(=O)CCCCCOCCOCCOCCOCCOCCN4C(=O)c5ccccc5C4=O)c3C2=O)C(=O)N1. The van der Waals surface area contributed by atoms with Gasteiger partial charge in [-0.3, -0.25) is 48.7 Å². The molecule has 3 aliphatic rings. The molecule has 7 amide bonds. The Morgan fingerprint density at radius 3 is 1.81 bits per heavy atom. The van der Waals surface area contributed by atoms with Crippen molar-refractivity contribution in [2.45, 2.75) is 44.6 Å². The van der Waals surface area contributed by atoms with Gasteiger partial charge in [-0.1, -0.05) is 24.6 Å². The van der Waals surface area contributed by atoms with Crippen molar-refractivity contribution in [3.63, 3.8) is 0 Å². The maximum absolute atomic E-state index is 13.2. The minimum atomic E-state index is -1.08. The molecule has 1 atom stereocenters. The van der Waals surface area contributed by atoms with Gasteiger partial charge in [-0.25, -0.2) is 0 Å². The number of benzene rings is 2. The standard InChI is InChI=1S/C37H44N4O12/c42-30(38-28-10-6-9-27-32(28)37(48)41(36(27)47)29-12-13-31(43)39-33(29)44)11-2-1-5-15-49-17-19-51-21-23-53-24-22-52-20-18-50-16-14-40-34(45)25-7-3-4-8-26(25)35(40)46/h3-4,6-10,29H,1-2,5,11-24H2,(H,38,42)(H,39,43,44). The molecule has 3 heterocycles. The van der Waals surface area contributed by atoms with Crippen LogP contribution in [0.2, 0.25) is 0 Å². The zero-order valence-corrected chi connectivity index (χ0v) is 29.4. The zero-order valence-electron chi connectivity index (χ0n) is 29.4. The molecular weight excluding hydrogens is 692 g/mol. The summed E-state index contributed by atoms with van der Waals surface area (Å²) in [5.41, 5.74) is 1.21. The van der Waals surface area contributed by atoms with Crippen molar-refractivity contribution in [2.24, 2.45) is 0 Å². The Hall–Kier alpha value is -4.87. The largest absolute Gasteiger partial charge is 0.379 e. The van der Waals surface area contributed by atoms with Crippen LogP contribution in [0.25, 0.3) is 0 Å². The smallest absolute Gasteiger partial charge is 0.264 e. The van der Waals surface area contributed by atoms with Gasteiger partial charge in [0.1, 0.15) is 6.04 Å². The van der Waals surface area contributed by atoms with Gasteiger partial charge in [0.2, 0.25) is 17.7 Å². The predicted molar refractivity (Wildman–Crippen MR) is 186 cm³/mol. The molecule has 2 N–H and O–H groups in total. The minimum Gasteiger partial charge on any atom is -0.379 e. The van der Waals surface area contributed by atoms with Crippen LogP contribution >= 0.6 is 0 Å². The molecule has 1 saturated heterocycles. The normalized spacial score (nSPS) is 16.7. The fraction of sp³-hybridized carbons (Fsp3) is 0.486. The number of unbranched alkanes of at least 4 members (excludes halogenated alkanes) is 2. The van der Waals surface area contributed by atoms with Crippen molar-refractivity contribution in [3.8, 4) is 0 Å². The molecule has 1 unspecified atom stereocenters. The van der Waals surface area contributed by atoms with Crippen molar-refractivity contribution >= 4 is 47.0 Å². The monoisotopic (exact) mass is 736 g/mol. The van der Waals surface area contributed by atoms with Crippen LogP contribution < -0.4 is 10.6 Å². The summed E-state index contributed by atoms with van der Waals surface area (Å²) in [6.07, 6.45) is 2.39. The molecule has 0 aromatic heterocycles. The second kappa shape index (κ2) is 19.8. The lowest BCUT2D eigenvalue weighted by molar-refractivity contribution is -0.136. The predicted octanol–water partition coefficient (Wildman–Crippen LogP) is 1.97. The van der Waals surface area contributed by atoms with E-state index in [0.717, 1.165) is 17.7 Å². The number of ether oxygens (including phenoxy) is 5. The zero-order chi connectivity index (χ0) is 37.6. The number of hydrogen-bond donors (Lipinski definition) is 2. The number of imide groups is 3. The number of nitrogens with zero attached hydrogens (tertiary/aromatic N) is 2. The van der Waals surface area contributed by atoms with E-state index in [2.05, 4.69) is 10.6 Å². The van der Waals surface area contributed by atoms with E-state index in [1.165, 1.54) is 11.0 Å². The highest BCUT2D eigenvalue weighted by Gasteiger charge is 2.45. The Morgan fingerprint density at radius 2 is 1.21 bits per heavy atom. The number of hydrogen-bond acceptors (Lipinski definition) is 12. The highest BCUT2D eigenvalue weighted by Crippen LogP contribution is 2.32. The Kier molecular flexibility index (Phi) is 14.7. The third-order valence-corrected chi connectivity index (χ3v) is 8.76. The molecule has 16 heteroatoms. The Morgan fingerprint density at radius 1 is 0.642 bits per heavy atom. The Balaban J connectivity index is 0.807. The molecular formula is C37H44N4O12. The van der Waals surface area contributed by atoms with Crippen LogP contribution in [0, 0.1) is 0 Å². The van der Waals surface area contributed by atoms with E-state index in [9.17, 15) is 33.6 Å². The number of piperidine rings is 1. The molecule has 53 heavy (non-hydrogen) atoms. The van der Waals surface area contributed by atoms with Crippen molar-refractivity contribution in [3.05, 3.63) is 64.7 Å². The van der Waals surface area contributed by atoms with E-state index in [4.69, 9.17) is 23.7 Å². The van der Waals surface area contributed by atoms with Gasteiger partial charge in [-0.05, 0) is 43.5 Å². The van der Waals surface area contributed by atoms with E-state index in [0.29, 0.717) is 77.0 Å². The van der Waals surface area contributed by atoms with Gasteiger partial charge in [-0.2, -0.15) is 0 Å². The van der Waals surface area contributed by atoms with Gasteiger partial charge in [-0.15, -0.1) is 0 Å². The number of fused-ring (bicyclic) bond motifs is 2. The summed E-state index contributed by atoms with van der Waals surface area (Å²) in [5.74, 6) is -3.35. The Bertz CT molecular complexity index is 1650. The highest BCUT2D eigenvalue weighted by atomic mass is 16.6. The van der Waals surface area contributed by atoms with Gasteiger partial charge < -0.3 is 29.0 Å². The minimum absolute atomic E-state index is 0.0233. The molecule has 0 aliphatic carbocycles. The van der Waals surface area contributed by atoms with E-state index in [1.54, 1.807) is 36.4 Å². The number of carbonyl (C=O) groups excluding carboxylic acids is 7. The molecule has 3 aliphatic heterocycles. The number of nitrogens with one attached hydrogen (secondary N) is 2. The van der Waals surface area contributed by atoms with Crippen molar-refractivity contribution in [2.75, 3.05) is 77.9 Å². The summed E-state index contributed by atoms with van der Waals surface area (Å²) in [4.78, 5) is 89.3. The van der Waals surface area contributed by atoms with Crippen LogP contribution in [0.5, 0.6) is 0 Å². The topological polar surface area (TPSA) is 196 Å². The fourth-order valence-electron chi connectivity index (χ4n) is 6.08. The third kappa shape index (κ3) is 10.4. The molecule has 0 saturated carbocycles. The average Bonchev–Trinajstić information content (AvgIpc) is 3.55. The molecule has 16 nitrogen and oxygen atoms in total. The van der Waals surface area contributed by atoms with Crippen LogP contribution in [0.15, 0.2) is 42.5 Å². The van der Waals surface area contributed by atoms with Crippen LogP contribution in [-0.4, -0.2) is 130 Å². The van der Waals surface area contributed by atoms with E-state index in [-0.39, 0.29) is 66.9 Å². The van der Waals surface area contributed by atoms with Crippen molar-refractivity contribution in [1.29, 1.82) is 0 Å². The number of anilines is 1. The van der Waals surface area contributed by atoms with Gasteiger partial charge >= 0.3 is 0 Å². The van der Waals surface area contributed by atoms with E-state index < -0.39 is 29.7 Å². The molecule has 2 aromatic rings. The number of amides is 7. The summed E-state index contributed by atoms with van der Waals surface area (Å²) in [6, 6.07) is 10.3. The lowest BCUT2D eigenvalue weighted by atomic mass is 10.0. The van der Waals surface area contributed by atoms with Gasteiger partial charge in [0.15, 0.2) is 0 Å². The molecule has 0 spiro atoms. The quantitative estimate of drug-likeness (QED) is 0.125. The summed E-state index contributed by atoms with van der Waals surface area (Å²) in [7, 11) is 0. The summed E-state index contributed by atoms with van der Waals surface area (Å²) >= 11 is 0. The first-order chi connectivity index (χ1) is 25.8. The van der Waals surface area contributed by atoms with E-state index in [1.807, 2.05) is 0 Å². The maximum atomic E-state index is 13.2. The summed E-state index contributed by atoms with van der Waals surface area (Å²) in [6.45, 7) is 4.11. The maximum Gasteiger partial charge on any atom is 0.264 e. The van der Waals surface area contributed by atoms with Crippen molar-refractivity contribution < 1.29 is 57.2 Å². The molecule has 284 valence electrons.